The predicted octanol–water partition coefficient (Wildman–Crippen LogP) is 3.88. The number of nitrogens with one attached hydrogen (secondary N) is 1. The highest BCUT2D eigenvalue weighted by Gasteiger charge is 2.13. The second-order valence-electron chi connectivity index (χ2n) is 4.05. The van der Waals surface area contributed by atoms with Crippen LogP contribution >= 0.6 is 22.9 Å². The van der Waals surface area contributed by atoms with Gasteiger partial charge in [0.1, 0.15) is 5.02 Å². The molecule has 5 nitrogen and oxygen atoms in total. The Bertz CT molecular complexity index is 629. The second-order valence-corrected chi connectivity index (χ2v) is 5.49. The normalized spacial score (nSPS) is 10.2. The number of benzene rings is 1. The summed E-state index contributed by atoms with van der Waals surface area (Å²) in [6.07, 6.45) is 0.982. The number of amides is 1. The Hall–Kier alpha value is -1.92. The quantitative estimate of drug-likeness (QED) is 0.673. The van der Waals surface area contributed by atoms with Crippen molar-refractivity contribution in [3.63, 3.8) is 0 Å². The Morgan fingerprint density at radius 1 is 1.40 bits per heavy atom. The minimum atomic E-state index is -0.580. The maximum absolute atomic E-state index is 11.8. The third-order valence-electron chi connectivity index (χ3n) is 2.61. The van der Waals surface area contributed by atoms with E-state index < -0.39 is 4.92 Å². The van der Waals surface area contributed by atoms with Crippen LogP contribution in [0.15, 0.2) is 35.7 Å². The lowest BCUT2D eigenvalue weighted by Gasteiger charge is -2.05. The summed E-state index contributed by atoms with van der Waals surface area (Å²) in [5.41, 5.74) is 0.153. The van der Waals surface area contributed by atoms with Gasteiger partial charge in [0.05, 0.1) is 4.92 Å². The van der Waals surface area contributed by atoms with Crippen LogP contribution in [0.5, 0.6) is 0 Å². The highest BCUT2D eigenvalue weighted by Crippen LogP contribution is 2.27. The highest BCUT2D eigenvalue weighted by atomic mass is 35.5. The van der Waals surface area contributed by atoms with Crippen LogP contribution in [-0.4, -0.2) is 10.8 Å². The van der Waals surface area contributed by atoms with Crippen molar-refractivity contribution in [2.45, 2.75) is 12.8 Å². The summed E-state index contributed by atoms with van der Waals surface area (Å²) in [6.45, 7) is 0. The second kappa shape index (κ2) is 6.49. The summed E-state index contributed by atoms with van der Waals surface area (Å²) in [4.78, 5) is 23.1. The summed E-state index contributed by atoms with van der Waals surface area (Å²) >= 11 is 7.30. The third-order valence-corrected chi connectivity index (χ3v) is 3.86. The van der Waals surface area contributed by atoms with Crippen molar-refractivity contribution in [1.29, 1.82) is 0 Å². The first kappa shape index (κ1) is 14.5. The van der Waals surface area contributed by atoms with E-state index in [0.717, 1.165) is 4.88 Å². The zero-order valence-electron chi connectivity index (χ0n) is 10.3. The highest BCUT2D eigenvalue weighted by molar-refractivity contribution is 7.09. The van der Waals surface area contributed by atoms with Gasteiger partial charge in [-0.25, -0.2) is 0 Å². The molecule has 2 rings (SSSR count). The molecule has 0 saturated carbocycles. The van der Waals surface area contributed by atoms with Gasteiger partial charge in [-0.3, -0.25) is 14.9 Å². The van der Waals surface area contributed by atoms with Crippen molar-refractivity contribution in [1.82, 2.24) is 0 Å². The van der Waals surface area contributed by atoms with Gasteiger partial charge in [-0.2, -0.15) is 0 Å². The molecule has 0 spiro atoms. The monoisotopic (exact) mass is 310 g/mol. The van der Waals surface area contributed by atoms with Gasteiger partial charge in [0.15, 0.2) is 0 Å². The van der Waals surface area contributed by atoms with E-state index in [2.05, 4.69) is 5.32 Å². The molecule has 20 heavy (non-hydrogen) atoms. The number of thiophene rings is 1. The van der Waals surface area contributed by atoms with Crippen molar-refractivity contribution >= 4 is 40.2 Å². The number of aryl methyl sites for hydroxylation is 1. The molecule has 0 aliphatic carbocycles. The lowest BCUT2D eigenvalue weighted by Crippen LogP contribution is -2.12. The van der Waals surface area contributed by atoms with E-state index in [1.54, 1.807) is 17.4 Å². The van der Waals surface area contributed by atoms with Crippen molar-refractivity contribution in [3.05, 3.63) is 55.7 Å². The fourth-order valence-electron chi connectivity index (χ4n) is 1.65. The molecule has 2 aromatic rings. The number of hydrogen-bond acceptors (Lipinski definition) is 4. The van der Waals surface area contributed by atoms with Gasteiger partial charge in [-0.1, -0.05) is 17.7 Å². The molecule has 1 N–H and O–H groups in total. The molecule has 1 heterocycles. The summed E-state index contributed by atoms with van der Waals surface area (Å²) in [5.74, 6) is -0.185. The van der Waals surface area contributed by atoms with Gasteiger partial charge in [-0.15, -0.1) is 11.3 Å². The number of anilines is 1. The maximum atomic E-state index is 11.8. The molecule has 0 aliphatic rings. The molecule has 0 radical (unpaired) electrons. The first-order valence-corrected chi connectivity index (χ1v) is 7.08. The Balaban J connectivity index is 1.97. The lowest BCUT2D eigenvalue weighted by atomic mass is 10.2. The molecule has 1 amide bonds. The predicted molar refractivity (Wildman–Crippen MR) is 79.4 cm³/mol. The molecular formula is C13H11ClN2O3S. The van der Waals surface area contributed by atoms with Crippen LogP contribution in [0, 0.1) is 10.1 Å². The molecule has 0 fully saturated rings. The fourth-order valence-corrected chi connectivity index (χ4v) is 2.54. The fraction of sp³-hybridized carbons (Fsp3) is 0.154. The molecule has 1 aromatic carbocycles. The number of nitro benzene ring substituents is 1. The standard InChI is InChI=1S/C13H11ClN2O3S/c14-11-5-3-9(8-12(11)16(18)19)15-13(17)6-4-10-2-1-7-20-10/h1-3,5,7-8H,4,6H2,(H,15,17). The van der Waals surface area contributed by atoms with Crippen molar-refractivity contribution in [2.24, 2.45) is 0 Å². The summed E-state index contributed by atoms with van der Waals surface area (Å²) in [5, 5.41) is 15.4. The zero-order chi connectivity index (χ0) is 14.5. The van der Waals surface area contributed by atoms with Crippen LogP contribution in [0.1, 0.15) is 11.3 Å². The zero-order valence-corrected chi connectivity index (χ0v) is 11.9. The van der Waals surface area contributed by atoms with Crippen LogP contribution in [0.25, 0.3) is 0 Å². The first-order valence-electron chi connectivity index (χ1n) is 5.82. The van der Waals surface area contributed by atoms with Crippen LogP contribution in [-0.2, 0) is 11.2 Å². The molecular weight excluding hydrogens is 300 g/mol. The Kier molecular flexibility index (Phi) is 4.70. The van der Waals surface area contributed by atoms with E-state index in [4.69, 9.17) is 11.6 Å². The summed E-state index contributed by atoms with van der Waals surface area (Å²) in [6, 6.07) is 8.09. The molecule has 104 valence electrons. The van der Waals surface area contributed by atoms with Crippen LogP contribution in [0.3, 0.4) is 0 Å². The SMILES string of the molecule is O=C(CCc1cccs1)Nc1ccc(Cl)c([N+](=O)[O-])c1. The number of halogens is 1. The van der Waals surface area contributed by atoms with Crippen LogP contribution in [0.2, 0.25) is 5.02 Å². The van der Waals surface area contributed by atoms with E-state index in [-0.39, 0.29) is 16.6 Å². The minimum Gasteiger partial charge on any atom is -0.326 e. The third kappa shape index (κ3) is 3.79. The topological polar surface area (TPSA) is 72.2 Å². The molecule has 0 aliphatic heterocycles. The van der Waals surface area contributed by atoms with Crippen LogP contribution in [0.4, 0.5) is 11.4 Å². The molecule has 7 heteroatoms. The summed E-state index contributed by atoms with van der Waals surface area (Å²) < 4.78 is 0. The first-order chi connectivity index (χ1) is 9.56. The average molecular weight is 311 g/mol. The number of carbonyl (C=O) groups excluding carboxylic acids is 1. The molecule has 0 saturated heterocycles. The van der Waals surface area contributed by atoms with E-state index in [1.807, 2.05) is 17.5 Å². The van der Waals surface area contributed by atoms with Gasteiger partial charge in [-0.05, 0) is 30.0 Å². The summed E-state index contributed by atoms with van der Waals surface area (Å²) in [7, 11) is 0. The number of hydrogen-bond donors (Lipinski definition) is 1. The molecule has 0 unspecified atom stereocenters. The van der Waals surface area contributed by atoms with Gasteiger partial charge >= 0.3 is 0 Å². The van der Waals surface area contributed by atoms with Crippen molar-refractivity contribution < 1.29 is 9.72 Å². The molecule has 0 bridgehead atoms. The molecule has 0 atom stereocenters. The van der Waals surface area contributed by atoms with E-state index in [0.29, 0.717) is 18.5 Å². The number of nitrogens with zero attached hydrogens (tertiary/aromatic N) is 1. The van der Waals surface area contributed by atoms with Crippen LogP contribution < -0.4 is 5.32 Å². The largest absolute Gasteiger partial charge is 0.326 e. The van der Waals surface area contributed by atoms with E-state index >= 15 is 0 Å². The Morgan fingerprint density at radius 2 is 2.20 bits per heavy atom. The van der Waals surface area contributed by atoms with E-state index in [9.17, 15) is 14.9 Å². The number of carbonyl (C=O) groups is 1. The smallest absolute Gasteiger partial charge is 0.289 e. The number of nitro groups is 1. The van der Waals surface area contributed by atoms with Gasteiger partial charge < -0.3 is 5.32 Å². The Morgan fingerprint density at radius 3 is 2.85 bits per heavy atom. The van der Waals surface area contributed by atoms with Gasteiger partial charge in [0.2, 0.25) is 5.91 Å². The average Bonchev–Trinajstić information content (AvgIpc) is 2.91. The van der Waals surface area contributed by atoms with Crippen molar-refractivity contribution in [2.75, 3.05) is 5.32 Å². The van der Waals surface area contributed by atoms with Crippen molar-refractivity contribution in [3.8, 4) is 0 Å². The molecule has 1 aromatic heterocycles. The lowest BCUT2D eigenvalue weighted by molar-refractivity contribution is -0.384. The van der Waals surface area contributed by atoms with E-state index in [1.165, 1.54) is 12.1 Å². The van der Waals surface area contributed by atoms with Gasteiger partial charge in [0.25, 0.3) is 5.69 Å². The number of rotatable bonds is 5. The maximum Gasteiger partial charge on any atom is 0.289 e. The van der Waals surface area contributed by atoms with Gasteiger partial charge in [0, 0.05) is 23.1 Å². The minimum absolute atomic E-state index is 0.0478. The Labute approximate surface area is 124 Å².